The van der Waals surface area contributed by atoms with Crippen molar-refractivity contribution in [3.05, 3.63) is 0 Å². The zero-order chi connectivity index (χ0) is 9.10. The zero-order valence-electron chi connectivity index (χ0n) is 8.13. The van der Waals surface area contributed by atoms with E-state index in [4.69, 9.17) is 5.11 Å². The largest absolute Gasteiger partial charge is 0.395 e. The molecule has 0 aromatic carbocycles. The fourth-order valence-electron chi connectivity index (χ4n) is 2.61. The van der Waals surface area contributed by atoms with E-state index in [1.165, 1.54) is 32.4 Å². The fraction of sp³-hybridized carbons (Fsp3) is 1.00. The maximum absolute atomic E-state index is 8.97. The SMILES string of the molecule is OCC1CC(CC2CCNC2)CN1. The van der Waals surface area contributed by atoms with Crippen LogP contribution in [0.3, 0.4) is 0 Å². The van der Waals surface area contributed by atoms with Crippen LogP contribution in [0.1, 0.15) is 19.3 Å². The third-order valence-corrected chi connectivity index (χ3v) is 3.36. The minimum atomic E-state index is 0.305. The van der Waals surface area contributed by atoms with E-state index in [0.29, 0.717) is 12.6 Å². The molecule has 2 aliphatic heterocycles. The second kappa shape index (κ2) is 4.40. The Balaban J connectivity index is 1.70. The summed E-state index contributed by atoms with van der Waals surface area (Å²) in [5.74, 6) is 1.70. The maximum Gasteiger partial charge on any atom is 0.0584 e. The lowest BCUT2D eigenvalue weighted by Gasteiger charge is -2.13. The highest BCUT2D eigenvalue weighted by molar-refractivity contribution is 4.84. The molecule has 76 valence electrons. The summed E-state index contributed by atoms with van der Waals surface area (Å²) >= 11 is 0. The summed E-state index contributed by atoms with van der Waals surface area (Å²) < 4.78 is 0. The van der Waals surface area contributed by atoms with E-state index >= 15 is 0 Å². The van der Waals surface area contributed by atoms with Gasteiger partial charge in [-0.15, -0.1) is 0 Å². The number of hydrogen-bond donors (Lipinski definition) is 3. The zero-order valence-corrected chi connectivity index (χ0v) is 8.13. The molecule has 0 bridgehead atoms. The second-order valence-electron chi connectivity index (χ2n) is 4.48. The number of aliphatic hydroxyl groups is 1. The first-order chi connectivity index (χ1) is 6.38. The van der Waals surface area contributed by atoms with Gasteiger partial charge >= 0.3 is 0 Å². The van der Waals surface area contributed by atoms with Crippen molar-refractivity contribution < 1.29 is 5.11 Å². The van der Waals surface area contributed by atoms with Crippen LogP contribution in [0.15, 0.2) is 0 Å². The van der Waals surface area contributed by atoms with Gasteiger partial charge in [0.1, 0.15) is 0 Å². The highest BCUT2D eigenvalue weighted by Gasteiger charge is 2.26. The van der Waals surface area contributed by atoms with Crippen LogP contribution >= 0.6 is 0 Å². The molecule has 2 saturated heterocycles. The van der Waals surface area contributed by atoms with Crippen LogP contribution in [0.4, 0.5) is 0 Å². The first kappa shape index (κ1) is 9.44. The molecule has 3 nitrogen and oxygen atoms in total. The average Bonchev–Trinajstić information content (AvgIpc) is 2.76. The van der Waals surface area contributed by atoms with Crippen LogP contribution < -0.4 is 10.6 Å². The topological polar surface area (TPSA) is 44.3 Å². The lowest BCUT2D eigenvalue weighted by molar-refractivity contribution is 0.251. The second-order valence-corrected chi connectivity index (χ2v) is 4.48. The number of nitrogens with one attached hydrogen (secondary N) is 2. The van der Waals surface area contributed by atoms with E-state index < -0.39 is 0 Å². The van der Waals surface area contributed by atoms with Crippen molar-refractivity contribution in [3.63, 3.8) is 0 Å². The maximum atomic E-state index is 8.97. The molecule has 0 radical (unpaired) electrons. The Labute approximate surface area is 79.9 Å². The smallest absolute Gasteiger partial charge is 0.0584 e. The van der Waals surface area contributed by atoms with Gasteiger partial charge in [-0.3, -0.25) is 0 Å². The molecule has 0 aromatic heterocycles. The molecule has 2 fully saturated rings. The van der Waals surface area contributed by atoms with Crippen molar-refractivity contribution >= 4 is 0 Å². The molecule has 0 aliphatic carbocycles. The minimum Gasteiger partial charge on any atom is -0.395 e. The van der Waals surface area contributed by atoms with Gasteiger partial charge in [0.15, 0.2) is 0 Å². The van der Waals surface area contributed by atoms with E-state index in [-0.39, 0.29) is 0 Å². The van der Waals surface area contributed by atoms with Crippen LogP contribution in [0.2, 0.25) is 0 Å². The van der Waals surface area contributed by atoms with Crippen molar-refractivity contribution in [2.75, 3.05) is 26.2 Å². The molecule has 3 heteroatoms. The lowest BCUT2D eigenvalue weighted by Crippen LogP contribution is -2.24. The summed E-state index contributed by atoms with van der Waals surface area (Å²) in [7, 11) is 0. The van der Waals surface area contributed by atoms with Crippen LogP contribution in [0, 0.1) is 11.8 Å². The first-order valence-corrected chi connectivity index (χ1v) is 5.43. The van der Waals surface area contributed by atoms with E-state index in [1.807, 2.05) is 0 Å². The van der Waals surface area contributed by atoms with E-state index in [0.717, 1.165) is 18.4 Å². The molecular formula is C10H20N2O. The van der Waals surface area contributed by atoms with Crippen LogP contribution in [-0.2, 0) is 0 Å². The van der Waals surface area contributed by atoms with Gasteiger partial charge in [0.2, 0.25) is 0 Å². The Kier molecular flexibility index (Phi) is 3.19. The molecule has 3 unspecified atom stereocenters. The highest BCUT2D eigenvalue weighted by atomic mass is 16.3. The van der Waals surface area contributed by atoms with Gasteiger partial charge < -0.3 is 15.7 Å². The first-order valence-electron chi connectivity index (χ1n) is 5.43. The molecule has 0 amide bonds. The van der Waals surface area contributed by atoms with Gasteiger partial charge in [-0.05, 0) is 50.7 Å². The monoisotopic (exact) mass is 184 g/mol. The molecule has 0 saturated carbocycles. The number of aliphatic hydroxyl groups excluding tert-OH is 1. The standard InChI is InChI=1S/C10H20N2O/c13-7-10-4-9(6-12-10)3-8-1-2-11-5-8/h8-13H,1-7H2. The Morgan fingerprint density at radius 3 is 2.77 bits per heavy atom. The van der Waals surface area contributed by atoms with Gasteiger partial charge in [0, 0.05) is 6.04 Å². The summed E-state index contributed by atoms with van der Waals surface area (Å²) in [5.41, 5.74) is 0. The summed E-state index contributed by atoms with van der Waals surface area (Å²) in [5, 5.41) is 15.7. The third-order valence-electron chi connectivity index (χ3n) is 3.36. The summed E-state index contributed by atoms with van der Waals surface area (Å²) in [6.45, 7) is 3.83. The Morgan fingerprint density at radius 1 is 1.23 bits per heavy atom. The molecule has 0 aromatic rings. The van der Waals surface area contributed by atoms with Crippen molar-refractivity contribution in [3.8, 4) is 0 Å². The summed E-state index contributed by atoms with van der Waals surface area (Å²) in [6.07, 6.45) is 3.86. The Bertz CT molecular complexity index is 157. The number of rotatable bonds is 3. The van der Waals surface area contributed by atoms with Gasteiger partial charge in [-0.2, -0.15) is 0 Å². The lowest BCUT2D eigenvalue weighted by atomic mass is 9.92. The van der Waals surface area contributed by atoms with Gasteiger partial charge in [-0.1, -0.05) is 0 Å². The van der Waals surface area contributed by atoms with E-state index in [9.17, 15) is 0 Å². The molecule has 2 rings (SSSR count). The molecule has 3 N–H and O–H groups in total. The van der Waals surface area contributed by atoms with E-state index in [2.05, 4.69) is 10.6 Å². The van der Waals surface area contributed by atoms with Gasteiger partial charge in [0.25, 0.3) is 0 Å². The average molecular weight is 184 g/mol. The van der Waals surface area contributed by atoms with E-state index in [1.54, 1.807) is 0 Å². The van der Waals surface area contributed by atoms with Crippen molar-refractivity contribution in [2.24, 2.45) is 11.8 Å². The fourth-order valence-corrected chi connectivity index (χ4v) is 2.61. The summed E-state index contributed by atoms with van der Waals surface area (Å²) in [4.78, 5) is 0. The quantitative estimate of drug-likeness (QED) is 0.576. The molecule has 3 atom stereocenters. The predicted octanol–water partition coefficient (Wildman–Crippen LogP) is -0.0436. The van der Waals surface area contributed by atoms with Crippen LogP contribution in [0.5, 0.6) is 0 Å². The normalized spacial score (nSPS) is 39.9. The predicted molar refractivity (Wildman–Crippen MR) is 52.6 cm³/mol. The van der Waals surface area contributed by atoms with Crippen molar-refractivity contribution in [1.29, 1.82) is 0 Å². The van der Waals surface area contributed by atoms with Crippen molar-refractivity contribution in [2.45, 2.75) is 25.3 Å². The molecular weight excluding hydrogens is 164 g/mol. The molecule has 2 aliphatic rings. The highest BCUT2D eigenvalue weighted by Crippen LogP contribution is 2.24. The molecule has 13 heavy (non-hydrogen) atoms. The Hall–Kier alpha value is -0.120. The molecule has 2 heterocycles. The van der Waals surface area contributed by atoms with Gasteiger partial charge in [-0.25, -0.2) is 0 Å². The summed E-state index contributed by atoms with van der Waals surface area (Å²) in [6, 6.07) is 0.374. The minimum absolute atomic E-state index is 0.305. The van der Waals surface area contributed by atoms with Crippen molar-refractivity contribution in [1.82, 2.24) is 10.6 Å². The third kappa shape index (κ3) is 2.42. The van der Waals surface area contributed by atoms with Crippen LogP contribution in [0.25, 0.3) is 0 Å². The number of hydrogen-bond acceptors (Lipinski definition) is 3. The van der Waals surface area contributed by atoms with Crippen LogP contribution in [-0.4, -0.2) is 37.4 Å². The van der Waals surface area contributed by atoms with Gasteiger partial charge in [0.05, 0.1) is 6.61 Å². The molecule has 0 spiro atoms. The Morgan fingerprint density at radius 2 is 2.15 bits per heavy atom.